The van der Waals surface area contributed by atoms with Crippen LogP contribution in [0.15, 0.2) is 30.3 Å². The van der Waals surface area contributed by atoms with Crippen LogP contribution in [-0.2, 0) is 9.22 Å². The third-order valence-electron chi connectivity index (χ3n) is 6.22. The molecule has 1 aromatic carbocycles. The second-order valence-corrected chi connectivity index (χ2v) is 14.9. The number of hydrogen-bond acceptors (Lipinski definition) is 4. The molecule has 1 aromatic rings. The molecule has 0 N–H and O–H groups in total. The molecule has 0 radical (unpaired) electrons. The summed E-state index contributed by atoms with van der Waals surface area (Å²) < 4.78 is 7.63. The van der Waals surface area contributed by atoms with Gasteiger partial charge in [0.15, 0.2) is 8.32 Å². The molecule has 1 aliphatic heterocycles. The average molecular weight is 452 g/mol. The summed E-state index contributed by atoms with van der Waals surface area (Å²) in [6.45, 7) is 13.1. The van der Waals surface area contributed by atoms with Gasteiger partial charge in [-0.25, -0.2) is 0 Å². The Hall–Kier alpha value is -0.693. The second-order valence-electron chi connectivity index (χ2n) is 8.55. The van der Waals surface area contributed by atoms with Crippen LogP contribution in [-0.4, -0.2) is 35.2 Å². The third kappa shape index (κ3) is 5.93. The summed E-state index contributed by atoms with van der Waals surface area (Å²) in [5.74, 6) is 1.30. The molecule has 0 unspecified atom stereocenters. The van der Waals surface area contributed by atoms with Crippen LogP contribution in [0.5, 0.6) is 0 Å². The minimum atomic E-state index is -1.88. The van der Waals surface area contributed by atoms with Crippen LogP contribution in [0.2, 0.25) is 18.1 Å². The maximum Gasteiger partial charge on any atom is 0.234 e. The van der Waals surface area contributed by atoms with E-state index in [0.717, 1.165) is 40.2 Å². The maximum absolute atomic E-state index is 13.7. The van der Waals surface area contributed by atoms with Crippen LogP contribution in [0.4, 0.5) is 0 Å². The van der Waals surface area contributed by atoms with Crippen molar-refractivity contribution in [1.82, 2.24) is 4.90 Å². The average Bonchev–Trinajstić information content (AvgIpc) is 3.08. The van der Waals surface area contributed by atoms with Gasteiger partial charge in [0.2, 0.25) is 5.91 Å². The molecule has 6 heteroatoms. The molecular formula is C23H37NO2S2Si. The van der Waals surface area contributed by atoms with Gasteiger partial charge in [-0.3, -0.25) is 9.69 Å². The fraction of sp³-hybridized carbons (Fsp3) is 0.652. The highest BCUT2D eigenvalue weighted by molar-refractivity contribution is 8.23. The van der Waals surface area contributed by atoms with E-state index in [1.54, 1.807) is 11.8 Å². The Morgan fingerprint density at radius 2 is 1.76 bits per heavy atom. The van der Waals surface area contributed by atoms with Crippen molar-refractivity contribution in [3.05, 3.63) is 35.9 Å². The second kappa shape index (κ2) is 11.1. The van der Waals surface area contributed by atoms with Crippen LogP contribution in [0.1, 0.15) is 59.6 Å². The number of nitrogens with zero attached hydrogens (tertiary/aromatic N) is 1. The summed E-state index contributed by atoms with van der Waals surface area (Å²) in [6, 6.07) is 13.7. The summed E-state index contributed by atoms with van der Waals surface area (Å²) in [5.41, 5.74) is 1.10. The first-order valence-corrected chi connectivity index (χ1v) is 14.9. The molecule has 2 rings (SSSR count). The molecule has 3 nitrogen and oxygen atoms in total. The van der Waals surface area contributed by atoms with Crippen LogP contribution >= 0.6 is 24.0 Å². The van der Waals surface area contributed by atoms with Gasteiger partial charge in [0.25, 0.3) is 0 Å². The topological polar surface area (TPSA) is 29.5 Å². The summed E-state index contributed by atoms with van der Waals surface area (Å²) >= 11 is 7.22. The number of hydrogen-bond donors (Lipinski definition) is 0. The zero-order valence-electron chi connectivity index (χ0n) is 18.8. The molecular weight excluding hydrogens is 414 g/mol. The molecule has 0 bridgehead atoms. The standard InChI is InChI=1S/C23H37NO2S2Si/c1-7-29(8-2,9-3)26-21(19-13-11-10-12-14-19)18(6)22(25)24-20(15-17(4)5)16-28-23(24)27/h10-14,17-18,20-21H,7-9,15-16H2,1-6H3/t18-,20-,21-/m0/s1. The van der Waals surface area contributed by atoms with Gasteiger partial charge in [-0.15, -0.1) is 0 Å². The highest BCUT2D eigenvalue weighted by Gasteiger charge is 2.41. The minimum Gasteiger partial charge on any atom is -0.409 e. The van der Waals surface area contributed by atoms with E-state index >= 15 is 0 Å². The number of thiocarbonyl (C=S) groups is 1. The summed E-state index contributed by atoms with van der Waals surface area (Å²) in [7, 11) is -1.88. The summed E-state index contributed by atoms with van der Waals surface area (Å²) in [4.78, 5) is 15.6. The number of carbonyl (C=O) groups excluding carboxylic acids is 1. The number of rotatable bonds is 10. The van der Waals surface area contributed by atoms with Crippen molar-refractivity contribution in [1.29, 1.82) is 0 Å². The van der Waals surface area contributed by atoms with E-state index in [-0.39, 0.29) is 24.0 Å². The summed E-state index contributed by atoms with van der Waals surface area (Å²) in [5, 5.41) is 0. The fourth-order valence-corrected chi connectivity index (χ4v) is 8.49. The van der Waals surface area contributed by atoms with E-state index in [9.17, 15) is 4.79 Å². The first-order chi connectivity index (χ1) is 13.8. The number of amides is 1. The van der Waals surface area contributed by atoms with Gasteiger partial charge in [-0.2, -0.15) is 0 Å². The van der Waals surface area contributed by atoms with Crippen LogP contribution < -0.4 is 0 Å². The van der Waals surface area contributed by atoms with Gasteiger partial charge < -0.3 is 4.43 Å². The molecule has 162 valence electrons. The fourth-order valence-electron chi connectivity index (χ4n) is 4.17. The van der Waals surface area contributed by atoms with Gasteiger partial charge in [0.1, 0.15) is 4.32 Å². The smallest absolute Gasteiger partial charge is 0.234 e. The molecule has 29 heavy (non-hydrogen) atoms. The van der Waals surface area contributed by atoms with Gasteiger partial charge in [-0.1, -0.05) is 95.9 Å². The Labute approximate surface area is 188 Å². The lowest BCUT2D eigenvalue weighted by Crippen LogP contribution is -2.46. The molecule has 1 heterocycles. The van der Waals surface area contributed by atoms with Gasteiger partial charge in [-0.05, 0) is 36.0 Å². The number of benzene rings is 1. The zero-order chi connectivity index (χ0) is 21.6. The van der Waals surface area contributed by atoms with Crippen molar-refractivity contribution in [2.75, 3.05) is 5.75 Å². The van der Waals surface area contributed by atoms with E-state index < -0.39 is 8.32 Å². The molecule has 0 aromatic heterocycles. The predicted molar refractivity (Wildman–Crippen MR) is 132 cm³/mol. The Balaban J connectivity index is 2.34. The lowest BCUT2D eigenvalue weighted by molar-refractivity contribution is -0.135. The number of thioether (sulfide) groups is 1. The molecule has 1 saturated heterocycles. The van der Waals surface area contributed by atoms with Crippen LogP contribution in [0, 0.1) is 11.8 Å². The van der Waals surface area contributed by atoms with Crippen LogP contribution in [0.3, 0.4) is 0 Å². The zero-order valence-corrected chi connectivity index (χ0v) is 21.4. The Morgan fingerprint density at radius 3 is 2.28 bits per heavy atom. The molecule has 1 aliphatic rings. The van der Waals surface area contributed by atoms with Crippen molar-refractivity contribution in [2.24, 2.45) is 11.8 Å². The lowest BCUT2D eigenvalue weighted by atomic mass is 9.95. The van der Waals surface area contributed by atoms with Crippen molar-refractivity contribution in [2.45, 2.75) is 78.2 Å². The van der Waals surface area contributed by atoms with Gasteiger partial charge in [0.05, 0.1) is 12.0 Å². The minimum absolute atomic E-state index is 0.116. The number of carbonyl (C=O) groups is 1. The van der Waals surface area contributed by atoms with E-state index in [0.29, 0.717) is 5.92 Å². The first kappa shape index (κ1) is 24.6. The molecule has 3 atom stereocenters. The van der Waals surface area contributed by atoms with E-state index in [1.165, 1.54) is 0 Å². The molecule has 0 saturated carbocycles. The van der Waals surface area contributed by atoms with E-state index in [4.69, 9.17) is 16.6 Å². The highest BCUT2D eigenvalue weighted by Crippen LogP contribution is 2.37. The normalized spacial score (nSPS) is 19.6. The SMILES string of the molecule is CC[Si](CC)(CC)O[C@H](c1ccccc1)[C@H](C)C(=O)N1C(=S)SC[C@@H]1CC(C)C. The molecule has 1 fully saturated rings. The van der Waals surface area contributed by atoms with Crippen molar-refractivity contribution in [3.8, 4) is 0 Å². The molecule has 0 spiro atoms. The highest BCUT2D eigenvalue weighted by atomic mass is 32.2. The van der Waals surface area contributed by atoms with Crippen molar-refractivity contribution < 1.29 is 9.22 Å². The maximum atomic E-state index is 13.7. The summed E-state index contributed by atoms with van der Waals surface area (Å²) in [6.07, 6.45) is 0.767. The Kier molecular flexibility index (Phi) is 9.39. The molecule has 1 amide bonds. The van der Waals surface area contributed by atoms with E-state index in [1.807, 2.05) is 30.0 Å². The van der Waals surface area contributed by atoms with E-state index in [2.05, 4.69) is 46.8 Å². The quantitative estimate of drug-likeness (QED) is 0.294. The van der Waals surface area contributed by atoms with Crippen LogP contribution in [0.25, 0.3) is 0 Å². The van der Waals surface area contributed by atoms with Gasteiger partial charge in [0, 0.05) is 11.8 Å². The van der Waals surface area contributed by atoms with Gasteiger partial charge >= 0.3 is 0 Å². The first-order valence-electron chi connectivity index (χ1n) is 11.0. The largest absolute Gasteiger partial charge is 0.409 e. The Morgan fingerprint density at radius 1 is 1.17 bits per heavy atom. The van der Waals surface area contributed by atoms with Crippen molar-refractivity contribution in [3.63, 3.8) is 0 Å². The Bertz CT molecular complexity index is 670. The monoisotopic (exact) mass is 451 g/mol. The third-order valence-corrected chi connectivity index (χ3v) is 12.4. The lowest BCUT2D eigenvalue weighted by Gasteiger charge is -2.37. The molecule has 0 aliphatic carbocycles. The predicted octanol–water partition coefficient (Wildman–Crippen LogP) is 6.66. The van der Waals surface area contributed by atoms with Crippen molar-refractivity contribution >= 4 is 42.5 Å².